The Bertz CT molecular complexity index is 1830. The number of allylic oxidation sites excluding steroid dienone is 1. The van der Waals surface area contributed by atoms with Gasteiger partial charge in [-0.2, -0.15) is 0 Å². The Balaban J connectivity index is 2.02. The SMILES string of the molecule is C=C[C@@H](C)[C@H](C)OC(=O)C[C@@H](NC(=O)[C@@H](Cc1c[nH]c2ccccc12)N(C)C(=O)[C@H](C)NC(=O)[C@@H](C)CC(=C)C)c1ccc(O[Si](C(C)C)(C(C)C)C(C)C)cc1. The molecule has 3 rings (SSSR count). The molecule has 10 nitrogen and oxygen atoms in total. The quantitative estimate of drug-likeness (QED) is 0.0560. The van der Waals surface area contributed by atoms with Gasteiger partial charge in [0.25, 0.3) is 8.32 Å². The van der Waals surface area contributed by atoms with Gasteiger partial charge in [-0.05, 0) is 73.1 Å². The molecular weight excluding hydrogens is 733 g/mol. The Hall–Kier alpha value is -4.64. The summed E-state index contributed by atoms with van der Waals surface area (Å²) in [5, 5.41) is 6.88. The van der Waals surface area contributed by atoms with Gasteiger partial charge in [0.05, 0.1) is 12.5 Å². The van der Waals surface area contributed by atoms with Crippen molar-refractivity contribution in [2.75, 3.05) is 7.05 Å². The molecular formula is C46H68N4O6Si. The fourth-order valence-corrected chi connectivity index (χ4v) is 13.2. The predicted molar refractivity (Wildman–Crippen MR) is 233 cm³/mol. The lowest BCUT2D eigenvalue weighted by Gasteiger charge is -2.42. The first-order chi connectivity index (χ1) is 26.7. The van der Waals surface area contributed by atoms with Gasteiger partial charge in [0.2, 0.25) is 17.7 Å². The van der Waals surface area contributed by atoms with E-state index < -0.39 is 50.3 Å². The fraction of sp³-hybridized carbons (Fsp3) is 0.522. The molecule has 2 aromatic carbocycles. The van der Waals surface area contributed by atoms with Gasteiger partial charge in [-0.1, -0.05) is 97.4 Å². The maximum absolute atomic E-state index is 14.7. The number of benzene rings is 2. The highest BCUT2D eigenvalue weighted by Gasteiger charge is 2.47. The first-order valence-corrected chi connectivity index (χ1v) is 22.5. The van der Waals surface area contributed by atoms with E-state index in [1.807, 2.05) is 75.5 Å². The van der Waals surface area contributed by atoms with Crippen LogP contribution in [0.4, 0.5) is 0 Å². The number of hydrogen-bond donors (Lipinski definition) is 3. The van der Waals surface area contributed by atoms with E-state index in [-0.39, 0.29) is 30.6 Å². The summed E-state index contributed by atoms with van der Waals surface area (Å²) in [4.78, 5) is 59.8. The van der Waals surface area contributed by atoms with Crippen molar-refractivity contribution in [3.05, 3.63) is 90.7 Å². The summed E-state index contributed by atoms with van der Waals surface area (Å²) < 4.78 is 12.7. The molecule has 0 unspecified atom stereocenters. The van der Waals surface area contributed by atoms with Crippen LogP contribution in [0.5, 0.6) is 5.75 Å². The average Bonchev–Trinajstić information content (AvgIpc) is 3.56. The van der Waals surface area contributed by atoms with Gasteiger partial charge in [-0.3, -0.25) is 19.2 Å². The summed E-state index contributed by atoms with van der Waals surface area (Å²) in [5.74, 6) is -1.33. The number of amides is 3. The van der Waals surface area contributed by atoms with Gasteiger partial charge < -0.3 is 29.7 Å². The molecule has 312 valence electrons. The van der Waals surface area contributed by atoms with Crippen molar-refractivity contribution < 1.29 is 28.3 Å². The minimum Gasteiger partial charge on any atom is -0.543 e. The van der Waals surface area contributed by atoms with Crippen molar-refractivity contribution in [2.45, 2.75) is 136 Å². The molecule has 3 N–H and O–H groups in total. The second-order valence-corrected chi connectivity index (χ2v) is 22.2. The summed E-state index contributed by atoms with van der Waals surface area (Å²) in [6, 6.07) is 12.7. The van der Waals surface area contributed by atoms with E-state index in [1.165, 1.54) is 4.90 Å². The van der Waals surface area contributed by atoms with Gasteiger partial charge in [0.1, 0.15) is 23.9 Å². The number of rotatable bonds is 21. The predicted octanol–water partition coefficient (Wildman–Crippen LogP) is 9.20. The first kappa shape index (κ1) is 46.7. The molecule has 0 saturated heterocycles. The van der Waals surface area contributed by atoms with Crippen molar-refractivity contribution in [1.29, 1.82) is 0 Å². The lowest BCUT2D eigenvalue weighted by molar-refractivity contribution is -0.150. The Kier molecular flexibility index (Phi) is 17.0. The number of aromatic nitrogens is 1. The zero-order valence-corrected chi connectivity index (χ0v) is 37.4. The molecule has 0 aliphatic heterocycles. The van der Waals surface area contributed by atoms with Crippen molar-refractivity contribution in [2.24, 2.45) is 11.8 Å². The van der Waals surface area contributed by atoms with E-state index >= 15 is 0 Å². The maximum atomic E-state index is 14.7. The average molecular weight is 801 g/mol. The fourth-order valence-electron chi connectivity index (χ4n) is 7.97. The number of para-hydroxylation sites is 1. The summed E-state index contributed by atoms with van der Waals surface area (Å²) in [5.41, 5.74) is 4.43. The Morgan fingerprint density at radius 2 is 1.44 bits per heavy atom. The molecule has 0 radical (unpaired) electrons. The molecule has 0 fully saturated rings. The molecule has 1 heterocycles. The highest BCUT2D eigenvalue weighted by Crippen LogP contribution is 2.43. The van der Waals surface area contributed by atoms with Crippen LogP contribution in [-0.2, 0) is 30.3 Å². The number of aromatic amines is 1. The third kappa shape index (κ3) is 11.9. The van der Waals surface area contributed by atoms with Gasteiger partial charge in [-0.15, -0.1) is 13.2 Å². The Labute approximate surface area is 342 Å². The molecule has 3 aromatic rings. The number of nitrogens with zero attached hydrogens (tertiary/aromatic N) is 1. The number of carbonyl (C=O) groups excluding carboxylic acids is 4. The number of nitrogens with one attached hydrogen (secondary N) is 3. The number of likely N-dealkylation sites (N-methyl/N-ethyl adjacent to an activating group) is 1. The van der Waals surface area contributed by atoms with E-state index in [2.05, 4.69) is 70.3 Å². The number of hydrogen-bond acceptors (Lipinski definition) is 6. The number of fused-ring (bicyclic) bond motifs is 1. The van der Waals surface area contributed by atoms with E-state index in [0.717, 1.165) is 27.8 Å². The first-order valence-electron chi connectivity index (χ1n) is 20.4. The number of ether oxygens (including phenoxy) is 1. The van der Waals surface area contributed by atoms with Gasteiger partial charge in [-0.25, -0.2) is 0 Å². The maximum Gasteiger partial charge on any atom is 0.308 e. The van der Waals surface area contributed by atoms with Gasteiger partial charge in [0.15, 0.2) is 0 Å². The van der Waals surface area contributed by atoms with Crippen LogP contribution in [0, 0.1) is 11.8 Å². The normalized spacial score (nSPS) is 15.0. The molecule has 57 heavy (non-hydrogen) atoms. The third-order valence-corrected chi connectivity index (χ3v) is 17.4. The third-order valence-electron chi connectivity index (χ3n) is 11.4. The summed E-state index contributed by atoms with van der Waals surface area (Å²) in [7, 11) is -0.670. The monoisotopic (exact) mass is 800 g/mol. The topological polar surface area (TPSA) is 130 Å². The number of carbonyl (C=O) groups is 4. The van der Waals surface area contributed by atoms with Crippen LogP contribution in [0.1, 0.15) is 106 Å². The number of H-pyrrole nitrogens is 1. The second-order valence-electron chi connectivity index (χ2n) is 16.9. The smallest absolute Gasteiger partial charge is 0.308 e. The molecule has 0 saturated carbocycles. The van der Waals surface area contributed by atoms with E-state index in [9.17, 15) is 19.2 Å². The lowest BCUT2D eigenvalue weighted by Crippen LogP contribution is -2.55. The zero-order chi connectivity index (χ0) is 42.8. The highest BCUT2D eigenvalue weighted by molar-refractivity contribution is 6.78. The van der Waals surface area contributed by atoms with Crippen LogP contribution in [0.15, 0.2) is 79.5 Å². The minimum atomic E-state index is -2.24. The summed E-state index contributed by atoms with van der Waals surface area (Å²) >= 11 is 0. The van der Waals surface area contributed by atoms with Crippen molar-refractivity contribution in [1.82, 2.24) is 20.5 Å². The van der Waals surface area contributed by atoms with Crippen LogP contribution in [0.3, 0.4) is 0 Å². The largest absolute Gasteiger partial charge is 0.543 e. The minimum absolute atomic E-state index is 0.0720. The Morgan fingerprint density at radius 3 is 2.00 bits per heavy atom. The van der Waals surface area contributed by atoms with Crippen molar-refractivity contribution >= 4 is 42.9 Å². The molecule has 0 spiro atoms. The molecule has 0 aliphatic carbocycles. The van der Waals surface area contributed by atoms with Gasteiger partial charge in [0, 0.05) is 42.4 Å². The molecule has 11 heteroatoms. The van der Waals surface area contributed by atoms with Crippen LogP contribution in [-0.4, -0.2) is 67.1 Å². The molecule has 1 aromatic heterocycles. The number of esters is 1. The van der Waals surface area contributed by atoms with E-state index in [1.54, 1.807) is 27.0 Å². The standard InChI is InChI=1S/C46H68N4O6Si/c1-15-32(10)35(13)55-43(51)26-41(36-20-22-38(23-21-36)56-57(29(4)5,30(6)7)31(8)9)49-45(53)42(25-37-27-47-40-19-17-16-18-39(37)40)50(14)46(54)34(12)48-44(52)33(11)24-28(2)3/h15-23,27,29-35,41-42,47H,1-2,24-26H2,3-14H3,(H,48,52)(H,49,53)/t32-,33+,34+,35+,41-,42-/m1/s1. The van der Waals surface area contributed by atoms with Gasteiger partial charge >= 0.3 is 5.97 Å². The molecule has 0 bridgehead atoms. The lowest BCUT2D eigenvalue weighted by atomic mass is 9.99. The van der Waals surface area contributed by atoms with E-state index in [0.29, 0.717) is 28.6 Å². The summed E-state index contributed by atoms with van der Waals surface area (Å²) in [6.07, 6.45) is 3.68. The second kappa shape index (κ2) is 20.7. The molecule has 6 atom stereocenters. The van der Waals surface area contributed by atoms with Crippen LogP contribution < -0.4 is 15.1 Å². The summed E-state index contributed by atoms with van der Waals surface area (Å²) in [6.45, 7) is 30.2. The molecule has 3 amide bonds. The highest BCUT2D eigenvalue weighted by atomic mass is 28.4. The van der Waals surface area contributed by atoms with E-state index in [4.69, 9.17) is 9.16 Å². The van der Waals surface area contributed by atoms with Crippen LogP contribution in [0.2, 0.25) is 16.6 Å². The zero-order valence-electron chi connectivity index (χ0n) is 36.4. The van der Waals surface area contributed by atoms with Crippen LogP contribution in [0.25, 0.3) is 10.9 Å². The Morgan fingerprint density at radius 1 is 0.842 bits per heavy atom. The van der Waals surface area contributed by atoms with Crippen molar-refractivity contribution in [3.8, 4) is 5.75 Å². The van der Waals surface area contributed by atoms with Crippen LogP contribution >= 0.6 is 0 Å². The van der Waals surface area contributed by atoms with Crippen molar-refractivity contribution in [3.63, 3.8) is 0 Å². The molecule has 0 aliphatic rings.